The molecule has 2 fully saturated rings. The molecule has 0 saturated heterocycles. The molecule has 0 amide bonds. The van der Waals surface area contributed by atoms with Gasteiger partial charge >= 0.3 is 0 Å². The molecule has 2 rings (SSSR count). The number of aldehydes is 1. The lowest BCUT2D eigenvalue weighted by molar-refractivity contribution is -0.117. The summed E-state index contributed by atoms with van der Waals surface area (Å²) < 4.78 is 0. The second kappa shape index (κ2) is 4.01. The molecule has 14 heavy (non-hydrogen) atoms. The van der Waals surface area contributed by atoms with Crippen LogP contribution < -0.4 is 0 Å². The van der Waals surface area contributed by atoms with E-state index in [1.165, 1.54) is 38.4 Å². The highest BCUT2D eigenvalue weighted by molar-refractivity contribution is 5.60. The van der Waals surface area contributed by atoms with Crippen molar-refractivity contribution in [1.29, 1.82) is 0 Å². The van der Waals surface area contributed by atoms with Crippen molar-refractivity contribution in [2.45, 2.75) is 51.0 Å². The summed E-state index contributed by atoms with van der Waals surface area (Å²) in [5.74, 6) is 0. The highest BCUT2D eigenvalue weighted by atomic mass is 16.1. The lowest BCUT2D eigenvalue weighted by atomic mass is 9.85. The Hall–Kier alpha value is -0.370. The van der Waals surface area contributed by atoms with Crippen LogP contribution in [0.2, 0.25) is 0 Å². The van der Waals surface area contributed by atoms with Crippen molar-refractivity contribution in [3.8, 4) is 0 Å². The van der Waals surface area contributed by atoms with Crippen molar-refractivity contribution in [2.24, 2.45) is 5.41 Å². The summed E-state index contributed by atoms with van der Waals surface area (Å²) in [5.41, 5.74) is 0.0182. The molecular weight excluding hydrogens is 174 g/mol. The number of rotatable bonds is 4. The van der Waals surface area contributed by atoms with Gasteiger partial charge in [0.15, 0.2) is 0 Å². The molecule has 0 aromatic heterocycles. The summed E-state index contributed by atoms with van der Waals surface area (Å²) in [6.07, 6.45) is 10.0. The number of carbonyl (C=O) groups is 1. The molecule has 0 N–H and O–H groups in total. The summed E-state index contributed by atoms with van der Waals surface area (Å²) in [7, 11) is 2.19. The molecule has 2 saturated carbocycles. The average molecular weight is 195 g/mol. The predicted octanol–water partition coefficient (Wildman–Crippen LogP) is 2.23. The van der Waals surface area contributed by atoms with Gasteiger partial charge in [0.05, 0.1) is 0 Å². The second-order valence-corrected chi connectivity index (χ2v) is 5.19. The summed E-state index contributed by atoms with van der Waals surface area (Å²) in [6, 6.07) is 0.771. The van der Waals surface area contributed by atoms with E-state index >= 15 is 0 Å². The van der Waals surface area contributed by atoms with E-state index in [4.69, 9.17) is 0 Å². The van der Waals surface area contributed by atoms with Crippen LogP contribution in [0.1, 0.15) is 44.9 Å². The van der Waals surface area contributed by atoms with Crippen LogP contribution >= 0.6 is 0 Å². The molecule has 0 spiro atoms. The molecule has 0 radical (unpaired) electrons. The molecule has 0 unspecified atom stereocenters. The van der Waals surface area contributed by atoms with Gasteiger partial charge in [-0.3, -0.25) is 0 Å². The second-order valence-electron chi connectivity index (χ2n) is 5.19. The van der Waals surface area contributed by atoms with Crippen molar-refractivity contribution >= 4 is 6.29 Å². The molecule has 0 aromatic carbocycles. The van der Waals surface area contributed by atoms with Crippen LogP contribution in [0.5, 0.6) is 0 Å². The Labute approximate surface area is 86.7 Å². The Kier molecular flexibility index (Phi) is 2.91. The first-order valence-electron chi connectivity index (χ1n) is 5.92. The van der Waals surface area contributed by atoms with E-state index in [0.29, 0.717) is 0 Å². The van der Waals surface area contributed by atoms with Gasteiger partial charge in [-0.1, -0.05) is 19.3 Å². The minimum atomic E-state index is 0.0182. The van der Waals surface area contributed by atoms with Crippen molar-refractivity contribution in [3.63, 3.8) is 0 Å². The molecule has 0 aliphatic heterocycles. The van der Waals surface area contributed by atoms with Gasteiger partial charge in [0, 0.05) is 18.0 Å². The van der Waals surface area contributed by atoms with E-state index in [0.717, 1.165) is 25.4 Å². The third-order valence-corrected chi connectivity index (χ3v) is 4.11. The van der Waals surface area contributed by atoms with E-state index in [1.807, 2.05) is 0 Å². The molecule has 0 atom stereocenters. The Morgan fingerprint density at radius 2 is 1.93 bits per heavy atom. The number of hydrogen-bond donors (Lipinski definition) is 0. The van der Waals surface area contributed by atoms with E-state index in [-0.39, 0.29) is 5.41 Å². The zero-order valence-electron chi connectivity index (χ0n) is 9.17. The largest absolute Gasteiger partial charge is 0.303 e. The minimum absolute atomic E-state index is 0.0182. The van der Waals surface area contributed by atoms with E-state index in [1.54, 1.807) is 0 Å². The minimum Gasteiger partial charge on any atom is -0.303 e. The van der Waals surface area contributed by atoms with Crippen molar-refractivity contribution in [3.05, 3.63) is 0 Å². The molecule has 0 bridgehead atoms. The Balaban J connectivity index is 1.89. The van der Waals surface area contributed by atoms with Crippen molar-refractivity contribution in [1.82, 2.24) is 4.90 Å². The van der Waals surface area contributed by atoms with Crippen LogP contribution in [0.3, 0.4) is 0 Å². The fourth-order valence-electron chi connectivity index (χ4n) is 2.85. The van der Waals surface area contributed by atoms with Crippen LogP contribution in [-0.4, -0.2) is 30.8 Å². The van der Waals surface area contributed by atoms with Gasteiger partial charge in [-0.2, -0.15) is 0 Å². The molecule has 2 nitrogen and oxygen atoms in total. The smallest absolute Gasteiger partial charge is 0.127 e. The van der Waals surface area contributed by atoms with Gasteiger partial charge in [-0.25, -0.2) is 0 Å². The standard InChI is InChI=1S/C12H21NO/c1-13(11-5-4-6-11)9-12(10-14)7-2-3-8-12/h10-11H,2-9H2,1H3. The van der Waals surface area contributed by atoms with Crippen molar-refractivity contribution < 1.29 is 4.79 Å². The number of nitrogens with zero attached hydrogens (tertiary/aromatic N) is 1. The zero-order chi connectivity index (χ0) is 10.0. The molecule has 80 valence electrons. The van der Waals surface area contributed by atoms with Gasteiger partial charge in [0.25, 0.3) is 0 Å². The molecule has 0 aromatic rings. The first-order valence-corrected chi connectivity index (χ1v) is 5.92. The quantitative estimate of drug-likeness (QED) is 0.641. The monoisotopic (exact) mass is 195 g/mol. The van der Waals surface area contributed by atoms with E-state index in [9.17, 15) is 4.79 Å². The van der Waals surface area contributed by atoms with Crippen LogP contribution in [0, 0.1) is 5.41 Å². The first-order chi connectivity index (χ1) is 6.76. The lowest BCUT2D eigenvalue weighted by Crippen LogP contribution is -2.44. The van der Waals surface area contributed by atoms with Crippen LogP contribution in [-0.2, 0) is 4.79 Å². The normalized spacial score (nSPS) is 26.4. The molecule has 2 heteroatoms. The lowest BCUT2D eigenvalue weighted by Gasteiger charge is -2.38. The van der Waals surface area contributed by atoms with E-state index < -0.39 is 0 Å². The number of hydrogen-bond acceptors (Lipinski definition) is 2. The van der Waals surface area contributed by atoms with Crippen LogP contribution in [0.4, 0.5) is 0 Å². The fraction of sp³-hybridized carbons (Fsp3) is 0.917. The van der Waals surface area contributed by atoms with Gasteiger partial charge in [0.1, 0.15) is 6.29 Å². The number of carbonyl (C=O) groups excluding carboxylic acids is 1. The molecule has 2 aliphatic rings. The Morgan fingerprint density at radius 3 is 2.36 bits per heavy atom. The van der Waals surface area contributed by atoms with Crippen LogP contribution in [0.25, 0.3) is 0 Å². The van der Waals surface area contributed by atoms with Gasteiger partial charge in [-0.15, -0.1) is 0 Å². The Morgan fingerprint density at radius 1 is 1.29 bits per heavy atom. The third-order valence-electron chi connectivity index (χ3n) is 4.11. The molecule has 0 heterocycles. The highest BCUT2D eigenvalue weighted by Gasteiger charge is 2.36. The molecule has 2 aliphatic carbocycles. The topological polar surface area (TPSA) is 20.3 Å². The van der Waals surface area contributed by atoms with Crippen molar-refractivity contribution in [2.75, 3.05) is 13.6 Å². The summed E-state index contributed by atoms with van der Waals surface area (Å²) in [4.78, 5) is 13.6. The third kappa shape index (κ3) is 1.85. The zero-order valence-corrected chi connectivity index (χ0v) is 9.17. The van der Waals surface area contributed by atoms with Gasteiger partial charge < -0.3 is 9.69 Å². The molecular formula is C12H21NO. The maximum absolute atomic E-state index is 11.2. The summed E-state index contributed by atoms with van der Waals surface area (Å²) >= 11 is 0. The SMILES string of the molecule is CN(CC1(C=O)CCCC1)C1CCC1. The first kappa shape index (κ1) is 10.2. The maximum atomic E-state index is 11.2. The van der Waals surface area contributed by atoms with Gasteiger partial charge in [0.2, 0.25) is 0 Å². The fourth-order valence-corrected chi connectivity index (χ4v) is 2.85. The van der Waals surface area contributed by atoms with Crippen LogP contribution in [0.15, 0.2) is 0 Å². The van der Waals surface area contributed by atoms with Gasteiger partial charge in [-0.05, 0) is 32.7 Å². The average Bonchev–Trinajstić information content (AvgIpc) is 2.50. The summed E-state index contributed by atoms with van der Waals surface area (Å²) in [6.45, 7) is 1.00. The predicted molar refractivity (Wildman–Crippen MR) is 57.2 cm³/mol. The maximum Gasteiger partial charge on any atom is 0.127 e. The Bertz CT molecular complexity index is 204. The van der Waals surface area contributed by atoms with E-state index in [2.05, 4.69) is 11.9 Å². The summed E-state index contributed by atoms with van der Waals surface area (Å²) in [5, 5.41) is 0. The highest BCUT2D eigenvalue weighted by Crippen LogP contribution is 2.38.